The van der Waals surface area contributed by atoms with Crippen LogP contribution in [0.15, 0.2) is 68.3 Å². The normalized spacial score (nSPS) is 16.6. The van der Waals surface area contributed by atoms with Crippen LogP contribution in [0.1, 0.15) is 128 Å². The van der Waals surface area contributed by atoms with Crippen LogP contribution in [0.25, 0.3) is 11.1 Å². The summed E-state index contributed by atoms with van der Waals surface area (Å²) in [6.07, 6.45) is 1.68. The average Bonchev–Trinajstić information content (AvgIpc) is 3.65. The highest BCUT2D eigenvalue weighted by molar-refractivity contribution is 7.90. The number of rotatable bonds is 18. The SMILES string of the molecule is Cc1c(C)c(S(=O)(=O)NC(N)=NCCC[C@H](NC(=O)[C@H](CCCN=C(N)NS(=O)(=O)c2c(C)c(C)c3c(c2C)CCC(C)(C)O3)NC(=O)OCC2c3ccccc3-c3ccccc32)C(=O)O)c(C)c2c1OC(C)(C)CC2. The minimum atomic E-state index is -4.21. The molecule has 21 heteroatoms. The number of aliphatic imine (C=N–C) groups is 2. The highest BCUT2D eigenvalue weighted by atomic mass is 32.2. The molecule has 2 atom stereocenters. The Balaban J connectivity index is 1.01. The van der Waals surface area contributed by atoms with Crippen molar-refractivity contribution in [1.29, 1.82) is 0 Å². The summed E-state index contributed by atoms with van der Waals surface area (Å²) in [5.41, 5.74) is 20.7. The third-order valence-electron chi connectivity index (χ3n) is 14.8. The number of carbonyl (C=O) groups excluding carboxylic acids is 2. The van der Waals surface area contributed by atoms with Gasteiger partial charge in [-0.05, 0) is 187 Å². The number of amides is 2. The second-order valence-corrected chi connectivity index (χ2v) is 24.4. The first kappa shape index (κ1) is 56.8. The molecule has 0 bridgehead atoms. The lowest BCUT2D eigenvalue weighted by atomic mass is 9.88. The fraction of sp³-hybridized carbons (Fsp3) is 0.473. The number of carboxylic acids is 1. The van der Waals surface area contributed by atoms with Crippen molar-refractivity contribution in [3.8, 4) is 22.6 Å². The molecule has 0 radical (unpaired) electrons. The number of hydrogen-bond donors (Lipinski definition) is 7. The number of fused-ring (bicyclic) bond motifs is 5. The Morgan fingerprint density at radius 3 is 1.51 bits per heavy atom. The smallest absolute Gasteiger partial charge is 0.407 e. The molecule has 3 aliphatic rings. The predicted octanol–water partition coefficient (Wildman–Crippen LogP) is 6.67. The number of carbonyl (C=O) groups is 3. The molecule has 2 heterocycles. The molecule has 410 valence electrons. The Hall–Kier alpha value is -6.87. The van der Waals surface area contributed by atoms with Gasteiger partial charge < -0.3 is 41.4 Å². The Bertz CT molecular complexity index is 3200. The fourth-order valence-corrected chi connectivity index (χ4v) is 13.6. The molecule has 0 fully saturated rings. The molecule has 0 saturated carbocycles. The first-order chi connectivity index (χ1) is 35.6. The zero-order valence-electron chi connectivity index (χ0n) is 45.0. The van der Waals surface area contributed by atoms with Gasteiger partial charge in [0.2, 0.25) is 17.8 Å². The third-order valence-corrected chi connectivity index (χ3v) is 18.0. The summed E-state index contributed by atoms with van der Waals surface area (Å²) in [6.45, 7) is 18.3. The molecule has 0 aromatic heterocycles. The monoisotopic (exact) mass is 1080 g/mol. The number of alkyl carbamates (subject to hydrolysis) is 1. The van der Waals surface area contributed by atoms with E-state index in [-0.39, 0.29) is 61.1 Å². The minimum Gasteiger partial charge on any atom is -0.487 e. The molecule has 2 aliphatic heterocycles. The van der Waals surface area contributed by atoms with Crippen molar-refractivity contribution in [2.45, 2.75) is 160 Å². The molecular formula is C55H72N8O11S2. The Labute approximate surface area is 446 Å². The molecule has 4 aromatic carbocycles. The van der Waals surface area contributed by atoms with Crippen LogP contribution in [0.2, 0.25) is 0 Å². The van der Waals surface area contributed by atoms with E-state index in [0.717, 1.165) is 33.4 Å². The number of nitrogens with zero attached hydrogens (tertiary/aromatic N) is 2. The minimum absolute atomic E-state index is 0.0555. The van der Waals surface area contributed by atoms with Crippen LogP contribution in [0, 0.1) is 41.5 Å². The Morgan fingerprint density at radius 1 is 0.658 bits per heavy atom. The maximum atomic E-state index is 14.0. The number of guanidine groups is 2. The van der Waals surface area contributed by atoms with Gasteiger partial charge in [0, 0.05) is 19.0 Å². The molecule has 4 aromatic rings. The number of ether oxygens (including phenoxy) is 3. The van der Waals surface area contributed by atoms with Crippen molar-refractivity contribution in [1.82, 2.24) is 20.1 Å². The van der Waals surface area contributed by atoms with Crippen molar-refractivity contribution < 1.29 is 50.5 Å². The van der Waals surface area contributed by atoms with Crippen molar-refractivity contribution in [3.63, 3.8) is 0 Å². The van der Waals surface area contributed by atoms with E-state index in [1.807, 2.05) is 90.1 Å². The highest BCUT2D eigenvalue weighted by Crippen LogP contribution is 2.46. The summed E-state index contributed by atoms with van der Waals surface area (Å²) in [5.74, 6) is -1.90. The summed E-state index contributed by atoms with van der Waals surface area (Å²) in [7, 11) is -8.40. The summed E-state index contributed by atoms with van der Waals surface area (Å²) >= 11 is 0. The van der Waals surface area contributed by atoms with E-state index in [1.54, 1.807) is 27.7 Å². The van der Waals surface area contributed by atoms with Gasteiger partial charge in [-0.3, -0.25) is 14.8 Å². The summed E-state index contributed by atoms with van der Waals surface area (Å²) in [4.78, 5) is 48.6. The van der Waals surface area contributed by atoms with E-state index in [9.17, 15) is 36.3 Å². The van der Waals surface area contributed by atoms with Crippen LogP contribution >= 0.6 is 0 Å². The molecule has 0 saturated heterocycles. The van der Waals surface area contributed by atoms with Crippen molar-refractivity contribution in [2.75, 3.05) is 19.7 Å². The topological polar surface area (TPSA) is 292 Å². The number of nitrogens with one attached hydrogen (secondary N) is 4. The van der Waals surface area contributed by atoms with Gasteiger partial charge in [-0.25, -0.2) is 35.9 Å². The Morgan fingerprint density at radius 2 is 1.08 bits per heavy atom. The average molecular weight is 1090 g/mol. The fourth-order valence-electron chi connectivity index (χ4n) is 10.5. The van der Waals surface area contributed by atoms with E-state index in [4.69, 9.17) is 25.7 Å². The number of aliphatic carboxylic acids is 1. The summed E-state index contributed by atoms with van der Waals surface area (Å²) in [5, 5.41) is 15.3. The predicted molar refractivity (Wildman–Crippen MR) is 291 cm³/mol. The molecule has 19 nitrogen and oxygen atoms in total. The first-order valence-electron chi connectivity index (χ1n) is 25.6. The van der Waals surface area contributed by atoms with Gasteiger partial charge in [0.25, 0.3) is 20.0 Å². The zero-order valence-corrected chi connectivity index (χ0v) is 46.7. The first-order valence-corrected chi connectivity index (χ1v) is 28.5. The van der Waals surface area contributed by atoms with E-state index in [2.05, 4.69) is 30.1 Å². The number of hydrogen-bond acceptors (Lipinski definition) is 12. The molecule has 0 unspecified atom stereocenters. The van der Waals surface area contributed by atoms with Crippen molar-refractivity contribution in [2.24, 2.45) is 21.5 Å². The van der Waals surface area contributed by atoms with Crippen LogP contribution in [0.4, 0.5) is 4.79 Å². The van der Waals surface area contributed by atoms with Crippen molar-refractivity contribution in [3.05, 3.63) is 104 Å². The summed E-state index contributed by atoms with van der Waals surface area (Å²) in [6, 6.07) is 12.8. The molecule has 0 spiro atoms. The lowest BCUT2D eigenvalue weighted by Gasteiger charge is -2.35. The van der Waals surface area contributed by atoms with E-state index in [0.29, 0.717) is 70.6 Å². The maximum absolute atomic E-state index is 14.0. The molecular weight excluding hydrogens is 1010 g/mol. The van der Waals surface area contributed by atoms with Gasteiger partial charge >= 0.3 is 12.1 Å². The zero-order chi connectivity index (χ0) is 55.7. The second-order valence-electron chi connectivity index (χ2n) is 21.2. The van der Waals surface area contributed by atoms with E-state index >= 15 is 0 Å². The van der Waals surface area contributed by atoms with Crippen LogP contribution in [0.3, 0.4) is 0 Å². The number of nitrogens with two attached hydrogens (primary N) is 2. The van der Waals surface area contributed by atoms with Gasteiger partial charge in [-0.2, -0.15) is 0 Å². The number of benzene rings is 4. The van der Waals surface area contributed by atoms with Crippen LogP contribution in [-0.4, -0.2) is 94.8 Å². The van der Waals surface area contributed by atoms with E-state index in [1.165, 1.54) is 0 Å². The lowest BCUT2D eigenvalue weighted by molar-refractivity contribution is -0.142. The molecule has 76 heavy (non-hydrogen) atoms. The van der Waals surface area contributed by atoms with Gasteiger partial charge in [0.1, 0.15) is 41.4 Å². The Kier molecular flexibility index (Phi) is 16.7. The molecule has 1 aliphatic carbocycles. The highest BCUT2D eigenvalue weighted by Gasteiger charge is 2.36. The van der Waals surface area contributed by atoms with Gasteiger partial charge in [-0.15, -0.1) is 0 Å². The van der Waals surface area contributed by atoms with Crippen LogP contribution < -0.4 is 41.0 Å². The van der Waals surface area contributed by atoms with Crippen LogP contribution in [0.5, 0.6) is 11.5 Å². The lowest BCUT2D eigenvalue weighted by Crippen LogP contribution is -2.51. The third kappa shape index (κ3) is 12.4. The van der Waals surface area contributed by atoms with Crippen molar-refractivity contribution >= 4 is 49.9 Å². The van der Waals surface area contributed by atoms with Gasteiger partial charge in [0.05, 0.1) is 9.79 Å². The second kappa shape index (κ2) is 22.4. The van der Waals surface area contributed by atoms with E-state index < -0.39 is 73.2 Å². The van der Waals surface area contributed by atoms with Gasteiger partial charge in [0.15, 0.2) is 0 Å². The number of carboxylic acid groups (broad SMARTS) is 1. The molecule has 9 N–H and O–H groups in total. The standard InChI is InChI=1S/C55H72N8O11S2/c1-30-32(3)47(34(5)36-23-25-54(7,8)73-45(30)36)75(68,69)62-51(56)58-27-15-21-43(61-53(67)72-29-42-40-19-13-11-17-38(40)39-18-12-14-20-41(39)42)49(64)60-44(50(65)66)22-16-28-59-52(57)63-76(70,71)48-33(4)31(2)46-37(35(48)6)24-26-55(9,10)74-46/h11-14,17-20,42-44H,15-16,21-29H2,1-10H3,(H,60,64)(H,61,67)(H,65,66)(H3,56,58,62)(H3,57,59,63)/t43-,44-/m0/s1. The summed E-state index contributed by atoms with van der Waals surface area (Å²) < 4.78 is 78.2. The maximum Gasteiger partial charge on any atom is 0.407 e. The molecule has 2 amide bonds. The van der Waals surface area contributed by atoms with Crippen LogP contribution in [-0.2, 0) is 47.2 Å². The van der Waals surface area contributed by atoms with Gasteiger partial charge in [-0.1, -0.05) is 48.5 Å². The largest absolute Gasteiger partial charge is 0.487 e. The quantitative estimate of drug-likeness (QED) is 0.0312. The molecule has 7 rings (SSSR count). The number of sulfonamides is 2.